The number of amides is 2. The Morgan fingerprint density at radius 1 is 0.957 bits per heavy atom. The van der Waals surface area contributed by atoms with E-state index in [2.05, 4.69) is 39.8 Å². The smallest absolute Gasteiger partial charge is 0.253 e. The van der Waals surface area contributed by atoms with E-state index in [4.69, 9.17) is 14.6 Å². The summed E-state index contributed by atoms with van der Waals surface area (Å²) in [6, 6.07) is 26.7. The molecule has 0 saturated heterocycles. The molecule has 0 spiro atoms. The van der Waals surface area contributed by atoms with Gasteiger partial charge in [-0.2, -0.15) is 5.10 Å². The van der Waals surface area contributed by atoms with Crippen LogP contribution >= 0.6 is 23.1 Å². The van der Waals surface area contributed by atoms with Crippen molar-refractivity contribution >= 4 is 40.6 Å². The van der Waals surface area contributed by atoms with Crippen LogP contribution < -0.4 is 14.8 Å². The Hall–Kier alpha value is -4.94. The van der Waals surface area contributed by atoms with E-state index in [-0.39, 0.29) is 30.2 Å². The van der Waals surface area contributed by atoms with E-state index in [1.54, 1.807) is 41.7 Å². The lowest BCUT2D eigenvalue weighted by atomic mass is 10.00. The molecule has 0 unspecified atom stereocenters. The highest BCUT2D eigenvalue weighted by atomic mass is 32.2. The molecule has 234 valence electrons. The number of ether oxygens (including phenoxy) is 2. The van der Waals surface area contributed by atoms with E-state index in [9.17, 15) is 9.59 Å². The molecule has 0 aliphatic carbocycles. The standard InChI is InChI=1S/C34H32N6O4S2/c1-22-11-13-23(14-12-22)27-19-26(30-10-7-17-45-30)38-40(27)32(41)21-46-34-37-36-31(39(34)25-8-5-4-6-9-25)20-35-33(42)24-15-16-28(43-2)29(18-24)44-3/h4-18,27H,19-21H2,1-3H3,(H,35,42)/t27-/m1/s1. The third kappa shape index (κ3) is 6.68. The van der Waals surface area contributed by atoms with Crippen LogP contribution in [0.2, 0.25) is 0 Å². The van der Waals surface area contributed by atoms with Gasteiger partial charge >= 0.3 is 0 Å². The molecule has 6 rings (SSSR count). The van der Waals surface area contributed by atoms with Crippen molar-refractivity contribution in [3.63, 3.8) is 0 Å². The van der Waals surface area contributed by atoms with Gasteiger partial charge in [-0.05, 0) is 54.3 Å². The minimum Gasteiger partial charge on any atom is -0.493 e. The maximum atomic E-state index is 13.8. The Morgan fingerprint density at radius 3 is 2.46 bits per heavy atom. The Labute approximate surface area is 275 Å². The second kappa shape index (κ2) is 14.0. The first-order valence-electron chi connectivity index (χ1n) is 14.6. The summed E-state index contributed by atoms with van der Waals surface area (Å²) in [5.41, 5.74) is 4.33. The van der Waals surface area contributed by atoms with E-state index in [0.29, 0.717) is 34.5 Å². The normalized spacial score (nSPS) is 14.2. The molecule has 1 aliphatic rings. The number of carbonyl (C=O) groups excluding carboxylic acids is 2. The summed E-state index contributed by atoms with van der Waals surface area (Å²) >= 11 is 2.90. The van der Waals surface area contributed by atoms with Crippen molar-refractivity contribution in [2.75, 3.05) is 20.0 Å². The summed E-state index contributed by atoms with van der Waals surface area (Å²) in [4.78, 5) is 27.9. The quantitative estimate of drug-likeness (QED) is 0.173. The number of benzene rings is 3. The highest BCUT2D eigenvalue weighted by molar-refractivity contribution is 7.99. The number of methoxy groups -OCH3 is 2. The maximum absolute atomic E-state index is 13.8. The molecule has 3 heterocycles. The first-order valence-corrected chi connectivity index (χ1v) is 16.4. The van der Waals surface area contributed by atoms with Crippen LogP contribution in [0.5, 0.6) is 11.5 Å². The third-order valence-corrected chi connectivity index (χ3v) is 9.36. The largest absolute Gasteiger partial charge is 0.493 e. The molecule has 46 heavy (non-hydrogen) atoms. The number of hydrogen-bond acceptors (Lipinski definition) is 9. The predicted molar refractivity (Wildman–Crippen MR) is 179 cm³/mol. The summed E-state index contributed by atoms with van der Waals surface area (Å²) in [6.45, 7) is 2.16. The van der Waals surface area contributed by atoms with Crippen molar-refractivity contribution in [3.8, 4) is 17.2 Å². The number of rotatable bonds is 11. The zero-order chi connectivity index (χ0) is 32.0. The van der Waals surface area contributed by atoms with Gasteiger partial charge in [-0.1, -0.05) is 65.9 Å². The SMILES string of the molecule is COc1ccc(C(=O)NCc2nnc(SCC(=O)N3N=C(c4cccs4)C[C@@H]3c3ccc(C)cc3)n2-c2ccccc2)cc1OC. The number of para-hydroxylation sites is 1. The van der Waals surface area contributed by atoms with Crippen LogP contribution in [0.4, 0.5) is 0 Å². The lowest BCUT2D eigenvalue weighted by Crippen LogP contribution is -2.28. The molecule has 0 fully saturated rings. The van der Waals surface area contributed by atoms with Crippen molar-refractivity contribution in [3.05, 3.63) is 118 Å². The zero-order valence-electron chi connectivity index (χ0n) is 25.5. The number of hydrogen-bond donors (Lipinski definition) is 1. The van der Waals surface area contributed by atoms with Crippen LogP contribution in [0, 0.1) is 6.92 Å². The summed E-state index contributed by atoms with van der Waals surface area (Å²) in [5.74, 6) is 1.18. The van der Waals surface area contributed by atoms with Gasteiger partial charge in [0.25, 0.3) is 11.8 Å². The average molecular weight is 653 g/mol. The number of nitrogens with zero attached hydrogens (tertiary/aromatic N) is 5. The summed E-state index contributed by atoms with van der Waals surface area (Å²) in [6.07, 6.45) is 0.643. The maximum Gasteiger partial charge on any atom is 0.253 e. The number of aromatic nitrogens is 3. The minimum absolute atomic E-state index is 0.104. The van der Waals surface area contributed by atoms with Gasteiger partial charge in [0.1, 0.15) is 0 Å². The Balaban J connectivity index is 1.21. The highest BCUT2D eigenvalue weighted by Gasteiger charge is 2.33. The van der Waals surface area contributed by atoms with Crippen molar-refractivity contribution in [2.45, 2.75) is 31.1 Å². The van der Waals surface area contributed by atoms with E-state index < -0.39 is 0 Å². The summed E-state index contributed by atoms with van der Waals surface area (Å²) in [5, 5.41) is 20.7. The summed E-state index contributed by atoms with van der Waals surface area (Å²) in [7, 11) is 3.06. The minimum atomic E-state index is -0.302. The number of carbonyl (C=O) groups is 2. The van der Waals surface area contributed by atoms with Gasteiger partial charge < -0.3 is 14.8 Å². The second-order valence-electron chi connectivity index (χ2n) is 10.5. The highest BCUT2D eigenvalue weighted by Crippen LogP contribution is 2.35. The molecular weight excluding hydrogens is 621 g/mol. The van der Waals surface area contributed by atoms with Crippen LogP contribution in [-0.2, 0) is 11.3 Å². The molecule has 2 amide bonds. The average Bonchev–Trinajstić information content (AvgIpc) is 3.87. The van der Waals surface area contributed by atoms with Gasteiger partial charge in [0.15, 0.2) is 22.5 Å². The monoisotopic (exact) mass is 652 g/mol. The van der Waals surface area contributed by atoms with E-state index in [1.807, 2.05) is 59.3 Å². The number of nitrogens with one attached hydrogen (secondary N) is 1. The molecule has 2 aromatic heterocycles. The fourth-order valence-electron chi connectivity index (χ4n) is 5.16. The topological polar surface area (TPSA) is 111 Å². The fraction of sp³-hybridized carbons (Fsp3) is 0.206. The lowest BCUT2D eigenvalue weighted by molar-refractivity contribution is -0.130. The number of hydrazone groups is 1. The third-order valence-electron chi connectivity index (χ3n) is 7.53. The number of thiophene rings is 1. The van der Waals surface area contributed by atoms with Gasteiger partial charge in [-0.15, -0.1) is 21.5 Å². The lowest BCUT2D eigenvalue weighted by Gasteiger charge is -2.22. The van der Waals surface area contributed by atoms with Crippen LogP contribution in [0.25, 0.3) is 5.69 Å². The van der Waals surface area contributed by atoms with E-state index in [1.165, 1.54) is 18.9 Å². The molecule has 1 aliphatic heterocycles. The molecule has 10 nitrogen and oxygen atoms in total. The van der Waals surface area contributed by atoms with Crippen molar-refractivity contribution in [1.82, 2.24) is 25.1 Å². The van der Waals surface area contributed by atoms with Crippen LogP contribution in [0.3, 0.4) is 0 Å². The Morgan fingerprint density at radius 2 is 1.74 bits per heavy atom. The van der Waals surface area contributed by atoms with E-state index >= 15 is 0 Å². The Bertz CT molecular complexity index is 1860. The van der Waals surface area contributed by atoms with Crippen LogP contribution in [0.1, 0.15) is 44.6 Å². The fourth-order valence-corrected chi connectivity index (χ4v) is 6.70. The molecular formula is C34H32N6O4S2. The van der Waals surface area contributed by atoms with Crippen LogP contribution in [-0.4, -0.2) is 57.3 Å². The van der Waals surface area contributed by atoms with Crippen molar-refractivity contribution < 1.29 is 19.1 Å². The predicted octanol–water partition coefficient (Wildman–Crippen LogP) is 6.05. The molecule has 12 heteroatoms. The van der Waals surface area contributed by atoms with Gasteiger partial charge in [0, 0.05) is 17.7 Å². The molecule has 0 saturated carbocycles. The summed E-state index contributed by atoms with van der Waals surface area (Å²) < 4.78 is 12.5. The number of thioether (sulfide) groups is 1. The van der Waals surface area contributed by atoms with Crippen LogP contribution in [0.15, 0.2) is 101 Å². The molecule has 0 bridgehead atoms. The second-order valence-corrected chi connectivity index (χ2v) is 12.4. The molecule has 1 N–H and O–H groups in total. The Kier molecular flexibility index (Phi) is 9.46. The molecule has 3 aromatic carbocycles. The molecule has 5 aromatic rings. The zero-order valence-corrected chi connectivity index (χ0v) is 27.2. The molecule has 0 radical (unpaired) electrons. The van der Waals surface area contributed by atoms with Gasteiger partial charge in [-0.25, -0.2) is 5.01 Å². The van der Waals surface area contributed by atoms with Crippen molar-refractivity contribution in [2.24, 2.45) is 5.10 Å². The molecule has 1 atom stereocenters. The first-order chi connectivity index (χ1) is 22.4. The first kappa shape index (κ1) is 31.1. The van der Waals surface area contributed by atoms with Gasteiger partial charge in [0.2, 0.25) is 0 Å². The van der Waals surface area contributed by atoms with Gasteiger partial charge in [0.05, 0.1) is 43.1 Å². The van der Waals surface area contributed by atoms with Crippen molar-refractivity contribution in [1.29, 1.82) is 0 Å². The van der Waals surface area contributed by atoms with E-state index in [0.717, 1.165) is 27.4 Å². The number of aryl methyl sites for hydroxylation is 1. The van der Waals surface area contributed by atoms with Gasteiger partial charge in [-0.3, -0.25) is 14.2 Å².